The van der Waals surface area contributed by atoms with E-state index >= 15 is 0 Å². The average Bonchev–Trinajstić information content (AvgIpc) is 2.79. The van der Waals surface area contributed by atoms with Crippen molar-refractivity contribution in [2.24, 2.45) is 0 Å². The van der Waals surface area contributed by atoms with Gasteiger partial charge in [0, 0.05) is 6.54 Å². The molecule has 2 rings (SSSR count). The molecule has 0 amide bonds. The summed E-state index contributed by atoms with van der Waals surface area (Å²) in [5.74, 6) is 0. The van der Waals surface area contributed by atoms with Gasteiger partial charge in [-0.15, -0.1) is 0 Å². The number of rotatable bonds is 2. The van der Waals surface area contributed by atoms with Crippen LogP contribution in [0.4, 0.5) is 0 Å². The maximum absolute atomic E-state index is 2.59. The lowest BCUT2D eigenvalue weighted by atomic mass is 9.79. The van der Waals surface area contributed by atoms with Crippen molar-refractivity contribution in [3.05, 3.63) is 34.9 Å². The first-order chi connectivity index (χ1) is 9.16. The van der Waals surface area contributed by atoms with Gasteiger partial charge in [0.2, 0.25) is 0 Å². The van der Waals surface area contributed by atoms with Gasteiger partial charge in [-0.1, -0.05) is 59.7 Å². The van der Waals surface area contributed by atoms with Gasteiger partial charge in [0.05, 0.1) is 0 Å². The summed E-state index contributed by atoms with van der Waals surface area (Å²) in [6.45, 7) is 17.5. The molecule has 0 saturated carbocycles. The summed E-state index contributed by atoms with van der Waals surface area (Å²) in [5.41, 5.74) is 4.88. The molecule has 20 heavy (non-hydrogen) atoms. The molecular weight excluding hydrogens is 242 g/mol. The Balaban J connectivity index is 2.34. The molecule has 0 spiro atoms. The summed E-state index contributed by atoms with van der Waals surface area (Å²) in [7, 11) is 0. The molecule has 1 aliphatic heterocycles. The normalized spacial score (nSPS) is 17.7. The Bertz CT molecular complexity index is 421. The highest BCUT2D eigenvalue weighted by molar-refractivity contribution is 5.37. The van der Waals surface area contributed by atoms with Crippen LogP contribution in [0.2, 0.25) is 0 Å². The molecule has 1 fully saturated rings. The summed E-state index contributed by atoms with van der Waals surface area (Å²) in [6, 6.07) is 7.26. The number of hydrogen-bond acceptors (Lipinski definition) is 1. The Morgan fingerprint density at radius 2 is 1.25 bits per heavy atom. The van der Waals surface area contributed by atoms with E-state index in [1.54, 1.807) is 0 Å². The summed E-state index contributed by atoms with van der Waals surface area (Å²) in [6.07, 6.45) is 2.73. The summed E-state index contributed by atoms with van der Waals surface area (Å²) < 4.78 is 0. The lowest BCUT2D eigenvalue weighted by Crippen LogP contribution is -2.21. The third-order valence-electron chi connectivity index (χ3n) is 4.33. The van der Waals surface area contributed by atoms with E-state index in [2.05, 4.69) is 64.6 Å². The van der Waals surface area contributed by atoms with Crippen molar-refractivity contribution < 1.29 is 0 Å². The fourth-order valence-corrected chi connectivity index (χ4v) is 2.85. The lowest BCUT2D eigenvalue weighted by Gasteiger charge is -2.27. The molecule has 1 saturated heterocycles. The molecule has 0 atom stereocenters. The van der Waals surface area contributed by atoms with Crippen LogP contribution in [-0.4, -0.2) is 18.0 Å². The molecule has 1 heteroatoms. The van der Waals surface area contributed by atoms with Crippen molar-refractivity contribution in [1.29, 1.82) is 0 Å². The average molecular weight is 273 g/mol. The fourth-order valence-electron chi connectivity index (χ4n) is 2.85. The van der Waals surface area contributed by atoms with E-state index < -0.39 is 0 Å². The molecule has 1 nitrogen and oxygen atoms in total. The third-order valence-corrected chi connectivity index (χ3v) is 4.33. The van der Waals surface area contributed by atoms with E-state index in [0.717, 1.165) is 6.54 Å². The Labute approximate surface area is 125 Å². The topological polar surface area (TPSA) is 3.24 Å². The van der Waals surface area contributed by atoms with E-state index in [-0.39, 0.29) is 10.8 Å². The number of likely N-dealkylation sites (tertiary alicyclic amines) is 1. The van der Waals surface area contributed by atoms with Crippen LogP contribution < -0.4 is 0 Å². The maximum atomic E-state index is 2.59. The second-order valence-corrected chi connectivity index (χ2v) is 8.40. The summed E-state index contributed by atoms with van der Waals surface area (Å²) >= 11 is 0. The third kappa shape index (κ3) is 3.85. The molecule has 0 N–H and O–H groups in total. The zero-order valence-corrected chi connectivity index (χ0v) is 14.2. The fraction of sp³-hybridized carbons (Fsp3) is 0.684. The van der Waals surface area contributed by atoms with Gasteiger partial charge in [0.15, 0.2) is 0 Å². The number of hydrogen-bond donors (Lipinski definition) is 0. The van der Waals surface area contributed by atoms with Crippen molar-refractivity contribution >= 4 is 0 Å². The zero-order valence-electron chi connectivity index (χ0n) is 14.2. The highest BCUT2D eigenvalue weighted by Crippen LogP contribution is 2.31. The molecule has 0 aromatic heterocycles. The van der Waals surface area contributed by atoms with Crippen LogP contribution in [-0.2, 0) is 17.4 Å². The second-order valence-electron chi connectivity index (χ2n) is 8.40. The van der Waals surface area contributed by atoms with Gasteiger partial charge >= 0.3 is 0 Å². The minimum absolute atomic E-state index is 0.223. The zero-order chi connectivity index (χ0) is 15.0. The van der Waals surface area contributed by atoms with E-state index in [9.17, 15) is 0 Å². The quantitative estimate of drug-likeness (QED) is 0.742. The lowest BCUT2D eigenvalue weighted by molar-refractivity contribution is 0.331. The minimum atomic E-state index is 0.223. The van der Waals surface area contributed by atoms with Crippen molar-refractivity contribution in [2.45, 2.75) is 71.8 Å². The first-order valence-corrected chi connectivity index (χ1v) is 8.03. The van der Waals surface area contributed by atoms with Crippen LogP contribution in [0.25, 0.3) is 0 Å². The van der Waals surface area contributed by atoms with Crippen molar-refractivity contribution in [3.8, 4) is 0 Å². The van der Waals surface area contributed by atoms with Gasteiger partial charge in [0.1, 0.15) is 0 Å². The standard InChI is InChI=1S/C19H31N/c1-18(2,3)16-11-15(14-20-9-7-8-10-20)12-17(13-16)19(4,5)6/h11-13H,7-10,14H2,1-6H3. The van der Waals surface area contributed by atoms with E-state index in [0.29, 0.717) is 0 Å². The van der Waals surface area contributed by atoms with Crippen molar-refractivity contribution in [3.63, 3.8) is 0 Å². The Kier molecular flexibility index (Phi) is 4.30. The van der Waals surface area contributed by atoms with Gasteiger partial charge in [-0.05, 0) is 53.5 Å². The van der Waals surface area contributed by atoms with Crippen LogP contribution >= 0.6 is 0 Å². The SMILES string of the molecule is CC(C)(C)c1cc(CN2CCCC2)cc(C(C)(C)C)c1. The summed E-state index contributed by atoms with van der Waals surface area (Å²) in [5, 5.41) is 0. The minimum Gasteiger partial charge on any atom is -0.299 e. The summed E-state index contributed by atoms with van der Waals surface area (Å²) in [4.78, 5) is 2.59. The number of nitrogens with zero attached hydrogens (tertiary/aromatic N) is 1. The molecule has 0 radical (unpaired) electrons. The molecule has 0 bridgehead atoms. The van der Waals surface area contributed by atoms with Crippen LogP contribution in [0.15, 0.2) is 18.2 Å². The van der Waals surface area contributed by atoms with Crippen LogP contribution in [0.3, 0.4) is 0 Å². The first-order valence-electron chi connectivity index (χ1n) is 8.03. The Morgan fingerprint density at radius 1 is 0.800 bits per heavy atom. The van der Waals surface area contributed by atoms with Crippen LogP contribution in [0.1, 0.15) is 71.1 Å². The predicted octanol–water partition coefficient (Wildman–Crippen LogP) is 4.88. The molecule has 1 heterocycles. The highest BCUT2D eigenvalue weighted by atomic mass is 15.1. The molecule has 1 aliphatic rings. The monoisotopic (exact) mass is 273 g/mol. The van der Waals surface area contributed by atoms with E-state index in [1.165, 1.54) is 42.6 Å². The predicted molar refractivity (Wildman–Crippen MR) is 88.4 cm³/mol. The van der Waals surface area contributed by atoms with Crippen LogP contribution in [0.5, 0.6) is 0 Å². The van der Waals surface area contributed by atoms with Crippen molar-refractivity contribution in [2.75, 3.05) is 13.1 Å². The van der Waals surface area contributed by atoms with Crippen molar-refractivity contribution in [1.82, 2.24) is 4.90 Å². The molecule has 1 aromatic carbocycles. The largest absolute Gasteiger partial charge is 0.299 e. The molecular formula is C19H31N. The first kappa shape index (κ1) is 15.6. The van der Waals surface area contributed by atoms with E-state index in [1.807, 2.05) is 0 Å². The Morgan fingerprint density at radius 3 is 1.65 bits per heavy atom. The van der Waals surface area contributed by atoms with Gasteiger partial charge in [-0.3, -0.25) is 4.90 Å². The number of benzene rings is 1. The maximum Gasteiger partial charge on any atom is 0.0233 e. The molecule has 1 aromatic rings. The van der Waals surface area contributed by atoms with Gasteiger partial charge in [-0.2, -0.15) is 0 Å². The van der Waals surface area contributed by atoms with E-state index in [4.69, 9.17) is 0 Å². The molecule has 0 unspecified atom stereocenters. The van der Waals surface area contributed by atoms with Gasteiger partial charge in [0.25, 0.3) is 0 Å². The molecule has 0 aliphatic carbocycles. The Hall–Kier alpha value is -0.820. The molecule has 112 valence electrons. The second kappa shape index (κ2) is 5.52. The van der Waals surface area contributed by atoms with Crippen LogP contribution in [0, 0.1) is 0 Å². The highest BCUT2D eigenvalue weighted by Gasteiger charge is 2.21. The smallest absolute Gasteiger partial charge is 0.0233 e. The van der Waals surface area contributed by atoms with Gasteiger partial charge in [-0.25, -0.2) is 0 Å². The van der Waals surface area contributed by atoms with Gasteiger partial charge < -0.3 is 0 Å².